The Labute approximate surface area is 179 Å². The Morgan fingerprint density at radius 3 is 2.39 bits per heavy atom. The number of anilines is 2. The first-order valence-electron chi connectivity index (χ1n) is 9.77. The minimum atomic E-state index is -0.512. The first-order chi connectivity index (χ1) is 14.9. The monoisotopic (exact) mass is 416 g/mol. The second-order valence-corrected chi connectivity index (χ2v) is 7.32. The number of amides is 2. The van der Waals surface area contributed by atoms with Gasteiger partial charge in [0.1, 0.15) is 17.3 Å². The third-order valence-electron chi connectivity index (χ3n) is 5.15. The Kier molecular flexibility index (Phi) is 5.29. The highest BCUT2D eigenvalue weighted by atomic mass is 19.1. The van der Waals surface area contributed by atoms with Gasteiger partial charge in [0.2, 0.25) is 0 Å². The molecule has 3 aromatic carbocycles. The number of hydrogen-bond donors (Lipinski definition) is 1. The number of nitrogens with one attached hydrogen (secondary N) is 1. The molecule has 0 atom stereocenters. The van der Waals surface area contributed by atoms with Crippen molar-refractivity contribution in [2.24, 2.45) is 0 Å². The number of methoxy groups -OCH3 is 1. The fraction of sp³-hybridized carbons (Fsp3) is 0.120. The predicted molar refractivity (Wildman–Crippen MR) is 118 cm³/mol. The number of aryl methyl sites for hydroxylation is 2. The molecule has 3 aromatic rings. The van der Waals surface area contributed by atoms with Crippen molar-refractivity contribution in [3.8, 4) is 5.75 Å². The summed E-state index contributed by atoms with van der Waals surface area (Å²) in [5.41, 5.74) is 3.42. The maximum atomic E-state index is 13.7. The van der Waals surface area contributed by atoms with Gasteiger partial charge >= 0.3 is 0 Å². The Morgan fingerprint density at radius 2 is 1.68 bits per heavy atom. The fourth-order valence-corrected chi connectivity index (χ4v) is 3.73. The third-order valence-corrected chi connectivity index (χ3v) is 5.15. The number of carbonyl (C=O) groups is 2. The summed E-state index contributed by atoms with van der Waals surface area (Å²) in [6.07, 6.45) is 0. The normalized spacial score (nSPS) is 13.7. The molecule has 0 aromatic heterocycles. The van der Waals surface area contributed by atoms with E-state index in [0.29, 0.717) is 22.7 Å². The van der Waals surface area contributed by atoms with Gasteiger partial charge in [0, 0.05) is 11.3 Å². The van der Waals surface area contributed by atoms with E-state index >= 15 is 0 Å². The summed E-state index contributed by atoms with van der Waals surface area (Å²) in [5.74, 6) is -0.977. The van der Waals surface area contributed by atoms with Gasteiger partial charge in [-0.05, 0) is 49.7 Å². The molecule has 156 valence electrons. The van der Waals surface area contributed by atoms with Gasteiger partial charge in [0.05, 0.1) is 18.4 Å². The van der Waals surface area contributed by atoms with E-state index in [-0.39, 0.29) is 11.3 Å². The molecule has 0 unspecified atom stereocenters. The molecule has 2 amide bonds. The van der Waals surface area contributed by atoms with Crippen molar-refractivity contribution in [3.63, 3.8) is 0 Å². The number of hydrogen-bond acceptors (Lipinski definition) is 4. The van der Waals surface area contributed by atoms with Gasteiger partial charge in [-0.15, -0.1) is 0 Å². The highest BCUT2D eigenvalue weighted by molar-refractivity contribution is 6.46. The molecule has 31 heavy (non-hydrogen) atoms. The van der Waals surface area contributed by atoms with E-state index in [1.807, 2.05) is 26.0 Å². The SMILES string of the molecule is COc1ccccc1C1=C(Nc2cccc(F)c2)C(=O)N(c2ccc(C)cc2C)C1=O. The van der Waals surface area contributed by atoms with Crippen LogP contribution in [0.4, 0.5) is 15.8 Å². The minimum Gasteiger partial charge on any atom is -0.496 e. The van der Waals surface area contributed by atoms with Crippen LogP contribution in [0.3, 0.4) is 0 Å². The quantitative estimate of drug-likeness (QED) is 0.604. The van der Waals surface area contributed by atoms with Crippen molar-refractivity contribution in [3.05, 3.63) is 94.9 Å². The van der Waals surface area contributed by atoms with Crippen LogP contribution >= 0.6 is 0 Å². The van der Waals surface area contributed by atoms with Gasteiger partial charge in [0.25, 0.3) is 11.8 Å². The van der Waals surface area contributed by atoms with Crippen molar-refractivity contribution in [1.82, 2.24) is 0 Å². The summed E-state index contributed by atoms with van der Waals surface area (Å²) in [6, 6.07) is 18.3. The molecule has 0 saturated carbocycles. The van der Waals surface area contributed by atoms with E-state index in [1.54, 1.807) is 36.4 Å². The number of carbonyl (C=O) groups excluding carboxylic acids is 2. The van der Waals surface area contributed by atoms with Crippen LogP contribution in [0, 0.1) is 19.7 Å². The molecule has 0 saturated heterocycles. The largest absolute Gasteiger partial charge is 0.496 e. The van der Waals surface area contributed by atoms with E-state index in [9.17, 15) is 14.0 Å². The number of para-hydroxylation sites is 1. The van der Waals surface area contributed by atoms with Crippen LogP contribution in [0.25, 0.3) is 5.57 Å². The molecule has 6 heteroatoms. The number of rotatable bonds is 5. The molecule has 0 fully saturated rings. The summed E-state index contributed by atoms with van der Waals surface area (Å²) in [7, 11) is 1.50. The zero-order chi connectivity index (χ0) is 22.1. The number of benzene rings is 3. The molecule has 1 aliphatic rings. The van der Waals surface area contributed by atoms with E-state index in [1.165, 1.54) is 25.3 Å². The summed E-state index contributed by atoms with van der Waals surface area (Å²) >= 11 is 0. The van der Waals surface area contributed by atoms with Crippen LogP contribution in [-0.2, 0) is 9.59 Å². The second-order valence-electron chi connectivity index (χ2n) is 7.32. The maximum absolute atomic E-state index is 13.7. The standard InChI is InChI=1S/C25H21FN2O3/c1-15-11-12-20(16(2)13-15)28-24(29)22(19-9-4-5-10-21(19)31-3)23(25(28)30)27-18-8-6-7-17(26)14-18/h4-14,27H,1-3H3. The van der Waals surface area contributed by atoms with E-state index in [4.69, 9.17) is 4.74 Å². The Bertz CT molecular complexity index is 1230. The van der Waals surface area contributed by atoms with Gasteiger partial charge in [-0.25, -0.2) is 9.29 Å². The zero-order valence-electron chi connectivity index (χ0n) is 17.4. The molecule has 1 N–H and O–H groups in total. The smallest absolute Gasteiger partial charge is 0.282 e. The van der Waals surface area contributed by atoms with Gasteiger partial charge in [-0.1, -0.05) is 42.0 Å². The molecule has 4 rings (SSSR count). The number of nitrogens with zero attached hydrogens (tertiary/aromatic N) is 1. The molecule has 1 aliphatic heterocycles. The first kappa shape index (κ1) is 20.3. The molecular formula is C25H21FN2O3. The third kappa shape index (κ3) is 3.68. The molecule has 0 spiro atoms. The van der Waals surface area contributed by atoms with Crippen molar-refractivity contribution in [1.29, 1.82) is 0 Å². The van der Waals surface area contributed by atoms with Crippen molar-refractivity contribution < 1.29 is 18.7 Å². The van der Waals surface area contributed by atoms with E-state index in [2.05, 4.69) is 5.32 Å². The van der Waals surface area contributed by atoms with Crippen LogP contribution in [0.1, 0.15) is 16.7 Å². The van der Waals surface area contributed by atoms with E-state index in [0.717, 1.165) is 16.0 Å². The molecule has 1 heterocycles. The lowest BCUT2D eigenvalue weighted by Crippen LogP contribution is -2.33. The van der Waals surface area contributed by atoms with Crippen LogP contribution < -0.4 is 15.0 Å². The maximum Gasteiger partial charge on any atom is 0.282 e. The molecular weight excluding hydrogens is 395 g/mol. The Morgan fingerprint density at radius 1 is 0.903 bits per heavy atom. The average molecular weight is 416 g/mol. The average Bonchev–Trinajstić information content (AvgIpc) is 2.98. The van der Waals surface area contributed by atoms with Crippen LogP contribution in [0.2, 0.25) is 0 Å². The van der Waals surface area contributed by atoms with Crippen LogP contribution in [0.5, 0.6) is 5.75 Å². The lowest BCUT2D eigenvalue weighted by atomic mass is 10.0. The zero-order valence-corrected chi connectivity index (χ0v) is 17.4. The van der Waals surface area contributed by atoms with Crippen LogP contribution in [-0.4, -0.2) is 18.9 Å². The number of imide groups is 1. The summed E-state index contributed by atoms with van der Waals surface area (Å²) < 4.78 is 19.2. The van der Waals surface area contributed by atoms with Gasteiger partial charge in [-0.2, -0.15) is 0 Å². The van der Waals surface area contributed by atoms with E-state index < -0.39 is 17.6 Å². The molecule has 0 radical (unpaired) electrons. The highest BCUT2D eigenvalue weighted by Gasteiger charge is 2.41. The Hall–Kier alpha value is -3.93. The van der Waals surface area contributed by atoms with Crippen molar-refractivity contribution >= 4 is 28.8 Å². The lowest BCUT2D eigenvalue weighted by Gasteiger charge is -2.18. The number of halogens is 1. The molecule has 0 bridgehead atoms. The fourth-order valence-electron chi connectivity index (χ4n) is 3.73. The van der Waals surface area contributed by atoms with Gasteiger partial charge in [-0.3, -0.25) is 9.59 Å². The summed E-state index contributed by atoms with van der Waals surface area (Å²) in [6.45, 7) is 3.80. The van der Waals surface area contributed by atoms with Crippen LogP contribution in [0.15, 0.2) is 72.4 Å². The molecule has 5 nitrogen and oxygen atoms in total. The van der Waals surface area contributed by atoms with Gasteiger partial charge < -0.3 is 10.1 Å². The van der Waals surface area contributed by atoms with Crippen molar-refractivity contribution in [2.45, 2.75) is 13.8 Å². The topological polar surface area (TPSA) is 58.6 Å². The second kappa shape index (κ2) is 8.07. The predicted octanol–water partition coefficient (Wildman–Crippen LogP) is 4.85. The van der Waals surface area contributed by atoms with Gasteiger partial charge in [0.15, 0.2) is 0 Å². The van der Waals surface area contributed by atoms with Crippen molar-refractivity contribution in [2.75, 3.05) is 17.3 Å². The minimum absolute atomic E-state index is 0.0695. The Balaban J connectivity index is 1.88. The summed E-state index contributed by atoms with van der Waals surface area (Å²) in [4.78, 5) is 28.2. The lowest BCUT2D eigenvalue weighted by molar-refractivity contribution is -0.120. The molecule has 0 aliphatic carbocycles. The first-order valence-corrected chi connectivity index (χ1v) is 9.77. The summed E-state index contributed by atoms with van der Waals surface area (Å²) in [5, 5.41) is 2.96. The highest BCUT2D eigenvalue weighted by Crippen LogP contribution is 2.38. The number of ether oxygens (including phenoxy) is 1.